The maximum Gasteiger partial charge on any atom is 0.338 e. The van der Waals surface area contributed by atoms with Gasteiger partial charge in [-0.05, 0) is 43.2 Å². The van der Waals surface area contributed by atoms with Crippen molar-refractivity contribution in [3.8, 4) is 5.75 Å². The normalized spacial score (nSPS) is 10.3. The first kappa shape index (κ1) is 18.7. The van der Waals surface area contributed by atoms with Gasteiger partial charge in [-0.3, -0.25) is 4.79 Å². The molecule has 0 aliphatic rings. The SMILES string of the molecule is CCOCCOC(=O)c1ccc(OC(=O)CCc2ccccc2)cc1. The Labute approximate surface area is 147 Å². The van der Waals surface area contributed by atoms with Gasteiger partial charge in [0.2, 0.25) is 0 Å². The van der Waals surface area contributed by atoms with Crippen LogP contribution in [0.4, 0.5) is 0 Å². The van der Waals surface area contributed by atoms with Crippen LogP contribution in [0.3, 0.4) is 0 Å². The molecule has 0 aromatic heterocycles. The van der Waals surface area contributed by atoms with Gasteiger partial charge in [0.15, 0.2) is 0 Å². The maximum absolute atomic E-state index is 11.9. The fraction of sp³-hybridized carbons (Fsp3) is 0.300. The number of aryl methyl sites for hydroxylation is 1. The second-order valence-corrected chi connectivity index (χ2v) is 5.32. The highest BCUT2D eigenvalue weighted by Crippen LogP contribution is 2.14. The zero-order chi connectivity index (χ0) is 17.9. The number of benzene rings is 2. The van der Waals surface area contributed by atoms with Crippen LogP contribution in [0.15, 0.2) is 54.6 Å². The third-order valence-electron chi connectivity index (χ3n) is 3.45. The van der Waals surface area contributed by atoms with Crippen LogP contribution in [0.2, 0.25) is 0 Å². The van der Waals surface area contributed by atoms with E-state index in [9.17, 15) is 9.59 Å². The largest absolute Gasteiger partial charge is 0.460 e. The van der Waals surface area contributed by atoms with Crippen LogP contribution in [0.1, 0.15) is 29.3 Å². The first-order valence-electron chi connectivity index (χ1n) is 8.28. The van der Waals surface area contributed by atoms with E-state index in [0.29, 0.717) is 37.4 Å². The van der Waals surface area contributed by atoms with E-state index < -0.39 is 5.97 Å². The first-order chi connectivity index (χ1) is 12.2. The van der Waals surface area contributed by atoms with Gasteiger partial charge >= 0.3 is 11.9 Å². The molecule has 0 unspecified atom stereocenters. The molecule has 0 radical (unpaired) electrons. The lowest BCUT2D eigenvalue weighted by molar-refractivity contribution is -0.134. The summed E-state index contributed by atoms with van der Waals surface area (Å²) in [4.78, 5) is 23.7. The van der Waals surface area contributed by atoms with Crippen molar-refractivity contribution in [2.45, 2.75) is 19.8 Å². The molecule has 0 bridgehead atoms. The summed E-state index contributed by atoms with van der Waals surface area (Å²) in [7, 11) is 0. The Hall–Kier alpha value is -2.66. The molecule has 132 valence electrons. The number of esters is 2. The lowest BCUT2D eigenvalue weighted by Crippen LogP contribution is -2.11. The molecule has 0 spiro atoms. The minimum Gasteiger partial charge on any atom is -0.460 e. The van der Waals surface area contributed by atoms with Crippen molar-refractivity contribution in [2.75, 3.05) is 19.8 Å². The van der Waals surface area contributed by atoms with Crippen LogP contribution in [-0.4, -0.2) is 31.8 Å². The van der Waals surface area contributed by atoms with Crippen molar-refractivity contribution in [2.24, 2.45) is 0 Å². The van der Waals surface area contributed by atoms with Gasteiger partial charge in [-0.15, -0.1) is 0 Å². The maximum atomic E-state index is 11.9. The van der Waals surface area contributed by atoms with Crippen molar-refractivity contribution in [1.29, 1.82) is 0 Å². The number of rotatable bonds is 9. The van der Waals surface area contributed by atoms with E-state index in [4.69, 9.17) is 14.2 Å². The topological polar surface area (TPSA) is 61.8 Å². The van der Waals surface area contributed by atoms with E-state index in [1.807, 2.05) is 37.3 Å². The summed E-state index contributed by atoms with van der Waals surface area (Å²) in [6.07, 6.45) is 0.926. The molecule has 5 heteroatoms. The van der Waals surface area contributed by atoms with Crippen molar-refractivity contribution in [3.63, 3.8) is 0 Å². The smallest absolute Gasteiger partial charge is 0.338 e. The highest BCUT2D eigenvalue weighted by atomic mass is 16.6. The Balaban J connectivity index is 1.77. The highest BCUT2D eigenvalue weighted by molar-refractivity contribution is 5.89. The zero-order valence-corrected chi connectivity index (χ0v) is 14.3. The van der Waals surface area contributed by atoms with E-state index in [0.717, 1.165) is 5.56 Å². The fourth-order valence-corrected chi connectivity index (χ4v) is 2.15. The van der Waals surface area contributed by atoms with Gasteiger partial charge in [-0.25, -0.2) is 4.79 Å². The Bertz CT molecular complexity index is 664. The van der Waals surface area contributed by atoms with Crippen molar-refractivity contribution >= 4 is 11.9 Å². The zero-order valence-electron chi connectivity index (χ0n) is 14.3. The summed E-state index contributed by atoms with van der Waals surface area (Å²) in [5.41, 5.74) is 1.49. The molecule has 0 N–H and O–H groups in total. The van der Waals surface area contributed by atoms with E-state index in [1.54, 1.807) is 24.3 Å². The molecule has 2 rings (SSSR count). The molecule has 25 heavy (non-hydrogen) atoms. The van der Waals surface area contributed by atoms with Gasteiger partial charge in [0.1, 0.15) is 12.4 Å². The van der Waals surface area contributed by atoms with Crippen molar-refractivity contribution in [3.05, 3.63) is 65.7 Å². The number of hydrogen-bond acceptors (Lipinski definition) is 5. The molecule has 0 atom stereocenters. The Morgan fingerprint density at radius 3 is 2.32 bits per heavy atom. The van der Waals surface area contributed by atoms with Crippen LogP contribution in [0.5, 0.6) is 5.75 Å². The summed E-state index contributed by atoms with van der Waals surface area (Å²) in [5, 5.41) is 0. The van der Waals surface area contributed by atoms with E-state index in [-0.39, 0.29) is 12.6 Å². The second-order valence-electron chi connectivity index (χ2n) is 5.32. The van der Waals surface area contributed by atoms with Gasteiger partial charge in [0.05, 0.1) is 12.2 Å². The summed E-state index contributed by atoms with van der Waals surface area (Å²) in [5.74, 6) is -0.332. The molecule has 5 nitrogen and oxygen atoms in total. The van der Waals surface area contributed by atoms with Crippen LogP contribution in [-0.2, 0) is 20.7 Å². The lowest BCUT2D eigenvalue weighted by Gasteiger charge is -2.07. The minimum absolute atomic E-state index is 0.211. The monoisotopic (exact) mass is 342 g/mol. The summed E-state index contributed by atoms with van der Waals surface area (Å²) in [6.45, 7) is 3.05. The van der Waals surface area contributed by atoms with E-state index >= 15 is 0 Å². The molecule has 2 aromatic carbocycles. The molecule has 2 aromatic rings. The highest BCUT2D eigenvalue weighted by Gasteiger charge is 2.09. The lowest BCUT2D eigenvalue weighted by atomic mass is 10.1. The summed E-state index contributed by atoms with van der Waals surface area (Å²) >= 11 is 0. The van der Waals surface area contributed by atoms with Crippen LogP contribution in [0.25, 0.3) is 0 Å². The average molecular weight is 342 g/mol. The van der Waals surface area contributed by atoms with Gasteiger partial charge < -0.3 is 14.2 Å². The second kappa shape index (κ2) is 10.3. The third kappa shape index (κ3) is 6.77. The Morgan fingerprint density at radius 1 is 0.920 bits per heavy atom. The fourth-order valence-electron chi connectivity index (χ4n) is 2.15. The van der Waals surface area contributed by atoms with Crippen LogP contribution >= 0.6 is 0 Å². The van der Waals surface area contributed by atoms with Crippen molar-refractivity contribution in [1.82, 2.24) is 0 Å². The predicted molar refractivity (Wildman–Crippen MR) is 93.6 cm³/mol. The molecule has 0 fully saturated rings. The number of carbonyl (C=O) groups excluding carboxylic acids is 2. The number of hydrogen-bond donors (Lipinski definition) is 0. The van der Waals surface area contributed by atoms with Crippen LogP contribution < -0.4 is 4.74 Å². The Kier molecular flexibility index (Phi) is 7.66. The third-order valence-corrected chi connectivity index (χ3v) is 3.45. The molecule has 0 saturated heterocycles. The van der Waals surface area contributed by atoms with E-state index in [2.05, 4.69) is 0 Å². The minimum atomic E-state index is -0.429. The standard InChI is InChI=1S/C20H22O5/c1-2-23-14-15-24-20(22)17-9-11-18(12-10-17)25-19(21)13-8-16-6-4-3-5-7-16/h3-7,9-12H,2,8,13-15H2,1H3. The summed E-state index contributed by atoms with van der Waals surface area (Å²) in [6, 6.07) is 16.1. The quantitative estimate of drug-likeness (QED) is 0.397. The Morgan fingerprint density at radius 2 is 1.64 bits per heavy atom. The molecule has 0 amide bonds. The average Bonchev–Trinajstić information content (AvgIpc) is 2.65. The number of carbonyl (C=O) groups is 2. The molecule has 0 saturated carbocycles. The van der Waals surface area contributed by atoms with Crippen molar-refractivity contribution < 1.29 is 23.8 Å². The first-order valence-corrected chi connectivity index (χ1v) is 8.28. The molecule has 0 aliphatic carbocycles. The molecular formula is C20H22O5. The van der Waals surface area contributed by atoms with Gasteiger partial charge in [-0.1, -0.05) is 30.3 Å². The predicted octanol–water partition coefficient (Wildman–Crippen LogP) is 3.42. The van der Waals surface area contributed by atoms with Gasteiger partial charge in [-0.2, -0.15) is 0 Å². The van der Waals surface area contributed by atoms with Crippen LogP contribution in [0, 0.1) is 0 Å². The summed E-state index contributed by atoms with van der Waals surface area (Å²) < 4.78 is 15.4. The molecular weight excluding hydrogens is 320 g/mol. The number of ether oxygens (including phenoxy) is 3. The van der Waals surface area contributed by atoms with E-state index in [1.165, 1.54) is 0 Å². The molecule has 0 aliphatic heterocycles. The molecule has 0 heterocycles. The van der Waals surface area contributed by atoms with Gasteiger partial charge in [0, 0.05) is 13.0 Å². The van der Waals surface area contributed by atoms with Gasteiger partial charge in [0.25, 0.3) is 0 Å².